The maximum absolute atomic E-state index is 12.9. The number of hydrogen-bond donors (Lipinski definition) is 3. The fraction of sp³-hybridized carbons (Fsp3) is 0.312. The lowest BCUT2D eigenvalue weighted by atomic mass is 10.0. The number of carbonyl (C=O) groups excluding carboxylic acids is 2. The van der Waals surface area contributed by atoms with Crippen LogP contribution in [0.1, 0.15) is 18.4 Å². The van der Waals surface area contributed by atoms with Gasteiger partial charge < -0.3 is 24.7 Å². The Morgan fingerprint density at radius 3 is 2.44 bits per heavy atom. The van der Waals surface area contributed by atoms with Gasteiger partial charge in [-0.25, -0.2) is 4.98 Å². The molecular formula is C32H34N6O5. The third-order valence-corrected chi connectivity index (χ3v) is 8.06. The molecule has 43 heavy (non-hydrogen) atoms. The quantitative estimate of drug-likeness (QED) is 0.268. The van der Waals surface area contributed by atoms with Gasteiger partial charge in [-0.2, -0.15) is 0 Å². The number of anilines is 2. The van der Waals surface area contributed by atoms with Crippen LogP contribution in [0.2, 0.25) is 0 Å². The first kappa shape index (κ1) is 28.2. The number of aromatic nitrogens is 2. The molecule has 2 amide bonds. The van der Waals surface area contributed by atoms with Gasteiger partial charge in [0.25, 0.3) is 5.56 Å². The summed E-state index contributed by atoms with van der Waals surface area (Å²) in [6.45, 7) is 4.27. The zero-order chi connectivity index (χ0) is 29.9. The largest absolute Gasteiger partial charge is 0.497 e. The lowest BCUT2D eigenvalue weighted by Crippen LogP contribution is -2.48. The molecule has 3 aromatic carbocycles. The number of piperazine rings is 1. The van der Waals surface area contributed by atoms with Crippen molar-refractivity contribution >= 4 is 34.1 Å². The normalized spacial score (nSPS) is 17.5. The number of nitrogens with one attached hydrogen (secondary N) is 3. The molecule has 0 saturated carbocycles. The van der Waals surface area contributed by atoms with Crippen LogP contribution in [0.15, 0.2) is 65.5 Å². The average molecular weight is 583 g/mol. The van der Waals surface area contributed by atoms with E-state index in [0.717, 1.165) is 55.2 Å². The summed E-state index contributed by atoms with van der Waals surface area (Å²) < 4.78 is 10.7. The molecule has 0 aliphatic carbocycles. The van der Waals surface area contributed by atoms with E-state index in [9.17, 15) is 14.4 Å². The zero-order valence-corrected chi connectivity index (χ0v) is 24.2. The molecule has 1 aromatic heterocycles. The second kappa shape index (κ2) is 12.1. The molecule has 4 aromatic rings. The van der Waals surface area contributed by atoms with Crippen LogP contribution in [-0.2, 0) is 16.1 Å². The van der Waals surface area contributed by atoms with E-state index in [4.69, 9.17) is 9.47 Å². The van der Waals surface area contributed by atoms with Crippen molar-refractivity contribution in [1.82, 2.24) is 20.2 Å². The second-order valence-electron chi connectivity index (χ2n) is 10.8. The Morgan fingerprint density at radius 1 is 0.953 bits per heavy atom. The Bertz CT molecular complexity index is 1710. The van der Waals surface area contributed by atoms with Gasteiger partial charge in [0.2, 0.25) is 11.8 Å². The van der Waals surface area contributed by atoms with Crippen LogP contribution in [0.5, 0.6) is 11.5 Å². The van der Waals surface area contributed by atoms with Gasteiger partial charge in [0.15, 0.2) is 0 Å². The number of hydrogen-bond acceptors (Lipinski definition) is 9. The second-order valence-corrected chi connectivity index (χ2v) is 10.8. The standard InChI is InChI=1S/C32H34N6O5/c1-42-23-17-26-29(27(18-23)43-2)32(41)36-30(34-26)20-7-9-22(10-8-20)38-15-13-37(14-16-38)19-21-5-3-4-6-24(21)33-25-11-12-28(39)35-31(25)40/h3-10,17-18,25,33H,11-16,19H2,1-2H3,(H,34,36,41)(H,35,39,40). The Hall–Kier alpha value is -4.90. The van der Waals surface area contributed by atoms with Crippen molar-refractivity contribution in [3.05, 3.63) is 76.6 Å². The van der Waals surface area contributed by atoms with Crippen molar-refractivity contribution < 1.29 is 19.1 Å². The molecule has 3 heterocycles. The lowest BCUT2D eigenvalue weighted by Gasteiger charge is -2.36. The number of ether oxygens (including phenoxy) is 2. The molecule has 2 fully saturated rings. The van der Waals surface area contributed by atoms with Crippen molar-refractivity contribution in [3.63, 3.8) is 0 Å². The van der Waals surface area contributed by atoms with Crippen LogP contribution in [0.4, 0.5) is 11.4 Å². The predicted octanol–water partition coefficient (Wildman–Crippen LogP) is 3.15. The fourth-order valence-corrected chi connectivity index (χ4v) is 5.68. The van der Waals surface area contributed by atoms with Crippen LogP contribution in [-0.4, -0.2) is 73.1 Å². The number of piperidine rings is 1. The summed E-state index contributed by atoms with van der Waals surface area (Å²) in [6.07, 6.45) is 0.836. The molecule has 222 valence electrons. The number of amides is 2. The molecule has 11 heteroatoms. The summed E-state index contributed by atoms with van der Waals surface area (Å²) in [4.78, 5) is 49.0. The summed E-state index contributed by atoms with van der Waals surface area (Å²) in [5, 5.41) is 6.15. The molecule has 6 rings (SSSR count). The third kappa shape index (κ3) is 6.02. The van der Waals surface area contributed by atoms with Crippen LogP contribution >= 0.6 is 0 Å². The monoisotopic (exact) mass is 582 g/mol. The molecule has 2 aliphatic rings. The minimum atomic E-state index is -0.410. The Balaban J connectivity index is 1.10. The fourth-order valence-electron chi connectivity index (χ4n) is 5.68. The number of benzene rings is 3. The van der Waals surface area contributed by atoms with E-state index in [2.05, 4.69) is 48.6 Å². The van der Waals surface area contributed by atoms with Crippen molar-refractivity contribution in [1.29, 1.82) is 0 Å². The van der Waals surface area contributed by atoms with Crippen LogP contribution < -0.4 is 30.6 Å². The maximum Gasteiger partial charge on any atom is 0.262 e. The number of H-pyrrole nitrogens is 1. The van der Waals surface area contributed by atoms with Gasteiger partial charge in [-0.3, -0.25) is 24.6 Å². The Kier molecular flexibility index (Phi) is 7.97. The molecule has 0 spiro atoms. The number of aromatic amines is 1. The van der Waals surface area contributed by atoms with Crippen molar-refractivity contribution in [2.45, 2.75) is 25.4 Å². The highest BCUT2D eigenvalue weighted by molar-refractivity contribution is 6.01. The minimum Gasteiger partial charge on any atom is -0.497 e. The van der Waals surface area contributed by atoms with Gasteiger partial charge in [0.1, 0.15) is 28.8 Å². The number of carbonyl (C=O) groups is 2. The number of methoxy groups -OCH3 is 2. The summed E-state index contributed by atoms with van der Waals surface area (Å²) in [6, 6.07) is 19.1. The Morgan fingerprint density at radius 2 is 1.72 bits per heavy atom. The zero-order valence-electron chi connectivity index (χ0n) is 24.2. The number of para-hydroxylation sites is 1. The van der Waals surface area contributed by atoms with E-state index in [0.29, 0.717) is 41.1 Å². The van der Waals surface area contributed by atoms with E-state index in [1.807, 2.05) is 30.3 Å². The van der Waals surface area contributed by atoms with Crippen LogP contribution in [0.25, 0.3) is 22.3 Å². The highest BCUT2D eigenvalue weighted by Gasteiger charge is 2.27. The first-order chi connectivity index (χ1) is 20.9. The first-order valence-corrected chi connectivity index (χ1v) is 14.3. The molecule has 2 saturated heterocycles. The number of fused-ring (bicyclic) bond motifs is 1. The molecule has 0 bridgehead atoms. The summed E-state index contributed by atoms with van der Waals surface area (Å²) in [5.74, 6) is 0.976. The maximum atomic E-state index is 12.9. The van der Waals surface area contributed by atoms with E-state index in [-0.39, 0.29) is 17.4 Å². The minimum absolute atomic E-state index is 0.216. The van der Waals surface area contributed by atoms with Crippen molar-refractivity contribution in [2.24, 2.45) is 0 Å². The lowest BCUT2D eigenvalue weighted by molar-refractivity contribution is -0.133. The molecule has 2 aliphatic heterocycles. The molecule has 1 unspecified atom stereocenters. The van der Waals surface area contributed by atoms with E-state index in [1.54, 1.807) is 19.2 Å². The molecule has 11 nitrogen and oxygen atoms in total. The highest BCUT2D eigenvalue weighted by Crippen LogP contribution is 2.29. The SMILES string of the molecule is COc1cc(OC)c2c(=O)[nH]c(-c3ccc(N4CCN(Cc5ccccc5NC5CCC(=O)NC5=O)CC4)cc3)nc2c1. The summed E-state index contributed by atoms with van der Waals surface area (Å²) in [7, 11) is 3.08. The summed E-state index contributed by atoms with van der Waals surface area (Å²) in [5.41, 5.74) is 4.19. The van der Waals surface area contributed by atoms with Gasteiger partial charge in [-0.05, 0) is 42.3 Å². The van der Waals surface area contributed by atoms with Gasteiger partial charge in [0.05, 0.1) is 19.7 Å². The smallest absolute Gasteiger partial charge is 0.262 e. The van der Waals surface area contributed by atoms with Crippen LogP contribution in [0.3, 0.4) is 0 Å². The summed E-state index contributed by atoms with van der Waals surface area (Å²) >= 11 is 0. The van der Waals surface area contributed by atoms with E-state index in [1.165, 1.54) is 7.11 Å². The first-order valence-electron chi connectivity index (χ1n) is 14.3. The number of imide groups is 1. The van der Waals surface area contributed by atoms with E-state index < -0.39 is 6.04 Å². The molecule has 0 radical (unpaired) electrons. The van der Waals surface area contributed by atoms with Gasteiger partial charge in [0, 0.05) is 68.2 Å². The van der Waals surface area contributed by atoms with E-state index >= 15 is 0 Å². The molecular weight excluding hydrogens is 548 g/mol. The molecule has 1 atom stereocenters. The van der Waals surface area contributed by atoms with Gasteiger partial charge >= 0.3 is 0 Å². The van der Waals surface area contributed by atoms with Gasteiger partial charge in [-0.1, -0.05) is 18.2 Å². The van der Waals surface area contributed by atoms with Crippen LogP contribution in [0, 0.1) is 0 Å². The Labute approximate surface area is 248 Å². The molecule has 3 N–H and O–H groups in total. The van der Waals surface area contributed by atoms with Crippen molar-refractivity contribution in [3.8, 4) is 22.9 Å². The average Bonchev–Trinajstić information content (AvgIpc) is 3.03. The highest BCUT2D eigenvalue weighted by atomic mass is 16.5. The third-order valence-electron chi connectivity index (χ3n) is 8.06. The predicted molar refractivity (Wildman–Crippen MR) is 165 cm³/mol. The van der Waals surface area contributed by atoms with Gasteiger partial charge in [-0.15, -0.1) is 0 Å². The van der Waals surface area contributed by atoms with Crippen molar-refractivity contribution in [2.75, 3.05) is 50.6 Å². The number of rotatable bonds is 8. The topological polar surface area (TPSA) is 129 Å². The number of nitrogens with zero attached hydrogens (tertiary/aromatic N) is 3.